The highest BCUT2D eigenvalue weighted by Gasteiger charge is 2.30. The van der Waals surface area contributed by atoms with Crippen molar-refractivity contribution in [3.05, 3.63) is 76.7 Å². The van der Waals surface area contributed by atoms with Gasteiger partial charge < -0.3 is 19.1 Å². The SMILES string of the molecule is Cc1cccc2c1N(C(=O)COc1ccccc1)CCCN(C(C)C)CCN(C(=O)c1c(C(C)C)noc1C)C2. The van der Waals surface area contributed by atoms with Gasteiger partial charge in [-0.05, 0) is 63.3 Å². The number of fused-ring (bicyclic) bond motifs is 1. The van der Waals surface area contributed by atoms with Crippen molar-refractivity contribution in [2.45, 2.75) is 66.5 Å². The molecule has 1 aliphatic rings. The summed E-state index contributed by atoms with van der Waals surface area (Å²) in [5, 5.41) is 4.20. The number of carbonyl (C=O) groups is 2. The molecule has 0 fully saturated rings. The van der Waals surface area contributed by atoms with E-state index < -0.39 is 0 Å². The molecule has 4 rings (SSSR count). The zero-order valence-electron chi connectivity index (χ0n) is 24.6. The van der Waals surface area contributed by atoms with E-state index in [2.05, 4.69) is 23.9 Å². The summed E-state index contributed by atoms with van der Waals surface area (Å²) in [4.78, 5) is 33.9. The first-order valence-electron chi connectivity index (χ1n) is 14.2. The van der Waals surface area contributed by atoms with Crippen LogP contribution in [0.3, 0.4) is 0 Å². The molecule has 2 heterocycles. The smallest absolute Gasteiger partial charge is 0.264 e. The lowest BCUT2D eigenvalue weighted by Gasteiger charge is -2.30. The molecule has 0 bridgehead atoms. The highest BCUT2D eigenvalue weighted by Crippen LogP contribution is 2.30. The standard InChI is InChI=1S/C32H42N4O4/c1-22(2)30-29(25(6)40-33-30)32(38)35-19-18-34(23(3)4)16-11-17-36(31-24(5)12-10-13-26(31)20-35)28(37)21-39-27-14-8-7-9-15-27/h7-10,12-15,22-23H,11,16-21H2,1-6H3. The molecule has 0 radical (unpaired) electrons. The zero-order chi connectivity index (χ0) is 28.8. The first-order valence-corrected chi connectivity index (χ1v) is 14.2. The van der Waals surface area contributed by atoms with Crippen LogP contribution < -0.4 is 9.64 Å². The van der Waals surface area contributed by atoms with Crippen molar-refractivity contribution in [3.8, 4) is 5.75 Å². The number of hydrogen-bond acceptors (Lipinski definition) is 6. The lowest BCUT2D eigenvalue weighted by molar-refractivity contribution is -0.120. The maximum absolute atomic E-state index is 14.1. The van der Waals surface area contributed by atoms with E-state index in [1.165, 1.54) is 0 Å². The Balaban J connectivity index is 1.72. The Morgan fingerprint density at radius 3 is 2.40 bits per heavy atom. The van der Waals surface area contributed by atoms with Crippen molar-refractivity contribution in [1.29, 1.82) is 0 Å². The van der Waals surface area contributed by atoms with Gasteiger partial charge in [-0.3, -0.25) is 14.5 Å². The van der Waals surface area contributed by atoms with Gasteiger partial charge in [-0.25, -0.2) is 0 Å². The summed E-state index contributed by atoms with van der Waals surface area (Å²) in [5.74, 6) is 1.04. The number of amides is 2. The third kappa shape index (κ3) is 6.73. The molecule has 0 saturated carbocycles. The quantitative estimate of drug-likeness (QED) is 0.402. The van der Waals surface area contributed by atoms with Crippen LogP contribution in [-0.4, -0.2) is 65.6 Å². The summed E-state index contributed by atoms with van der Waals surface area (Å²) in [6.45, 7) is 15.1. The fourth-order valence-electron chi connectivity index (χ4n) is 5.30. The highest BCUT2D eigenvalue weighted by molar-refractivity contribution is 5.97. The molecule has 1 aromatic heterocycles. The van der Waals surface area contributed by atoms with Crippen LogP contribution in [-0.2, 0) is 11.3 Å². The van der Waals surface area contributed by atoms with Crippen molar-refractivity contribution in [2.75, 3.05) is 37.7 Å². The molecule has 40 heavy (non-hydrogen) atoms. The molecule has 0 atom stereocenters. The van der Waals surface area contributed by atoms with Crippen LogP contribution in [0.25, 0.3) is 0 Å². The van der Waals surface area contributed by atoms with Gasteiger partial charge >= 0.3 is 0 Å². The summed E-state index contributed by atoms with van der Waals surface area (Å²) in [6.07, 6.45) is 0.805. The molecule has 8 nitrogen and oxygen atoms in total. The van der Waals surface area contributed by atoms with Gasteiger partial charge in [0.25, 0.3) is 11.8 Å². The topological polar surface area (TPSA) is 79.1 Å². The van der Waals surface area contributed by atoms with Crippen LogP contribution in [0.4, 0.5) is 5.69 Å². The van der Waals surface area contributed by atoms with Crippen molar-refractivity contribution in [3.63, 3.8) is 0 Å². The second kappa shape index (κ2) is 13.1. The van der Waals surface area contributed by atoms with E-state index in [9.17, 15) is 9.59 Å². The number of benzene rings is 2. The van der Waals surface area contributed by atoms with E-state index in [-0.39, 0.29) is 24.3 Å². The fourth-order valence-corrected chi connectivity index (χ4v) is 5.30. The third-order valence-corrected chi connectivity index (χ3v) is 7.51. The van der Waals surface area contributed by atoms with Gasteiger partial charge in [0.2, 0.25) is 0 Å². The van der Waals surface area contributed by atoms with Crippen molar-refractivity contribution >= 4 is 17.5 Å². The maximum atomic E-state index is 14.1. The number of rotatable bonds is 6. The van der Waals surface area contributed by atoms with Gasteiger partial charge in [0.1, 0.15) is 17.1 Å². The van der Waals surface area contributed by atoms with Crippen LogP contribution in [0, 0.1) is 13.8 Å². The average molecular weight is 547 g/mol. The van der Waals surface area contributed by atoms with E-state index >= 15 is 0 Å². The Morgan fingerprint density at radius 1 is 0.950 bits per heavy atom. The molecule has 8 heteroatoms. The predicted octanol–water partition coefficient (Wildman–Crippen LogP) is 5.58. The lowest BCUT2D eigenvalue weighted by atomic mass is 10.0. The molecule has 0 saturated heterocycles. The van der Waals surface area contributed by atoms with Crippen LogP contribution >= 0.6 is 0 Å². The van der Waals surface area contributed by atoms with Gasteiger partial charge in [0, 0.05) is 38.8 Å². The Labute approximate surface area is 237 Å². The molecule has 214 valence electrons. The van der Waals surface area contributed by atoms with Crippen molar-refractivity contribution < 1.29 is 18.8 Å². The first-order chi connectivity index (χ1) is 19.2. The Bertz CT molecular complexity index is 1300. The van der Waals surface area contributed by atoms with E-state index in [4.69, 9.17) is 9.26 Å². The van der Waals surface area contributed by atoms with Gasteiger partial charge in [-0.2, -0.15) is 0 Å². The maximum Gasteiger partial charge on any atom is 0.264 e. The number of hydrogen-bond donors (Lipinski definition) is 0. The summed E-state index contributed by atoms with van der Waals surface area (Å²) >= 11 is 0. The summed E-state index contributed by atoms with van der Waals surface area (Å²) < 4.78 is 11.3. The van der Waals surface area contributed by atoms with Crippen molar-refractivity contribution in [1.82, 2.24) is 15.0 Å². The first kappa shape index (κ1) is 29.3. The molecule has 1 aliphatic heterocycles. The second-order valence-corrected chi connectivity index (χ2v) is 11.1. The molecular weight excluding hydrogens is 504 g/mol. The van der Waals surface area contributed by atoms with Gasteiger partial charge in [0.15, 0.2) is 6.61 Å². The Kier molecular flexibility index (Phi) is 9.63. The minimum atomic E-state index is -0.107. The molecule has 0 N–H and O–H groups in total. The van der Waals surface area contributed by atoms with Gasteiger partial charge in [-0.1, -0.05) is 55.4 Å². The predicted molar refractivity (Wildman–Crippen MR) is 157 cm³/mol. The number of anilines is 1. The zero-order valence-corrected chi connectivity index (χ0v) is 24.6. The van der Waals surface area contributed by atoms with Crippen LogP contribution in [0.5, 0.6) is 5.75 Å². The molecule has 2 aromatic carbocycles. The van der Waals surface area contributed by atoms with Crippen molar-refractivity contribution in [2.24, 2.45) is 0 Å². The number of ether oxygens (including phenoxy) is 1. The lowest BCUT2D eigenvalue weighted by Crippen LogP contribution is -2.41. The molecular formula is C32H42N4O4. The van der Waals surface area contributed by atoms with Crippen LogP contribution in [0.15, 0.2) is 53.1 Å². The largest absolute Gasteiger partial charge is 0.484 e. The summed E-state index contributed by atoms with van der Waals surface area (Å²) in [6, 6.07) is 15.7. The number of nitrogens with zero attached hydrogens (tertiary/aromatic N) is 4. The van der Waals surface area contributed by atoms with Gasteiger partial charge in [-0.15, -0.1) is 0 Å². The van der Waals surface area contributed by atoms with Gasteiger partial charge in [0.05, 0.1) is 11.4 Å². The molecule has 2 amide bonds. The second-order valence-electron chi connectivity index (χ2n) is 11.1. The minimum absolute atomic E-state index is 0.0553. The molecule has 0 spiro atoms. The summed E-state index contributed by atoms with van der Waals surface area (Å²) in [7, 11) is 0. The van der Waals surface area contributed by atoms with Crippen LogP contribution in [0.1, 0.15) is 73.0 Å². The number of para-hydroxylation sites is 2. The normalized spacial score (nSPS) is 15.2. The summed E-state index contributed by atoms with van der Waals surface area (Å²) in [5.41, 5.74) is 3.99. The number of aromatic nitrogens is 1. The molecule has 0 aliphatic carbocycles. The minimum Gasteiger partial charge on any atom is -0.484 e. The third-order valence-electron chi connectivity index (χ3n) is 7.51. The monoisotopic (exact) mass is 546 g/mol. The van der Waals surface area contributed by atoms with Crippen LogP contribution in [0.2, 0.25) is 0 Å². The fraction of sp³-hybridized carbons (Fsp3) is 0.469. The average Bonchev–Trinajstić information content (AvgIpc) is 3.31. The molecule has 0 unspecified atom stereocenters. The van der Waals surface area contributed by atoms with E-state index in [0.717, 1.165) is 36.3 Å². The molecule has 3 aromatic rings. The number of carbonyl (C=O) groups excluding carboxylic acids is 2. The highest BCUT2D eigenvalue weighted by atomic mass is 16.5. The van der Waals surface area contributed by atoms with E-state index in [1.54, 1.807) is 6.92 Å². The Morgan fingerprint density at radius 2 is 1.70 bits per heavy atom. The number of aryl methyl sites for hydroxylation is 2. The Hall–Kier alpha value is -3.65. The van der Waals surface area contributed by atoms with E-state index in [1.807, 2.05) is 79.1 Å². The van der Waals surface area contributed by atoms with E-state index in [0.29, 0.717) is 48.4 Å².